The number of ketones is 1. The van der Waals surface area contributed by atoms with E-state index in [0.717, 1.165) is 5.56 Å². The molecule has 0 radical (unpaired) electrons. The summed E-state index contributed by atoms with van der Waals surface area (Å²) in [5.41, 5.74) is 1.78. The van der Waals surface area contributed by atoms with E-state index >= 15 is 0 Å². The fourth-order valence-electron chi connectivity index (χ4n) is 3.27. The van der Waals surface area contributed by atoms with Crippen LogP contribution in [-0.2, 0) is 9.59 Å². The highest BCUT2D eigenvalue weighted by molar-refractivity contribution is 6.47. The van der Waals surface area contributed by atoms with Crippen molar-refractivity contribution in [3.63, 3.8) is 0 Å². The monoisotopic (exact) mass is 419 g/mol. The van der Waals surface area contributed by atoms with E-state index in [9.17, 15) is 19.8 Å². The van der Waals surface area contributed by atoms with Crippen molar-refractivity contribution in [1.82, 2.24) is 4.90 Å². The molecule has 2 aromatic rings. The number of aliphatic hydroxyl groups is 2. The van der Waals surface area contributed by atoms with Crippen LogP contribution < -0.4 is 0 Å². The van der Waals surface area contributed by atoms with Gasteiger partial charge in [-0.25, -0.2) is 0 Å². The average molecular weight is 420 g/mol. The molecule has 146 valence electrons. The molecule has 2 atom stereocenters. The van der Waals surface area contributed by atoms with E-state index in [2.05, 4.69) is 0 Å². The second-order valence-electron chi connectivity index (χ2n) is 6.83. The zero-order valence-electron chi connectivity index (χ0n) is 15.3. The summed E-state index contributed by atoms with van der Waals surface area (Å²) in [5.74, 6) is -1.91. The molecule has 1 saturated heterocycles. The lowest BCUT2D eigenvalue weighted by molar-refractivity contribution is -0.140. The molecular formula is C21H19Cl2NO4. The number of halogens is 2. The Bertz CT molecular complexity index is 967. The number of amides is 1. The first-order chi connectivity index (χ1) is 13.2. The summed E-state index contributed by atoms with van der Waals surface area (Å²) in [7, 11) is 0. The van der Waals surface area contributed by atoms with Crippen LogP contribution >= 0.6 is 23.2 Å². The summed E-state index contributed by atoms with van der Waals surface area (Å²) >= 11 is 12.3. The van der Waals surface area contributed by atoms with Crippen molar-refractivity contribution in [2.45, 2.75) is 26.0 Å². The maximum Gasteiger partial charge on any atom is 0.295 e. The van der Waals surface area contributed by atoms with Crippen molar-refractivity contribution < 1.29 is 19.8 Å². The quantitative estimate of drug-likeness (QED) is 0.444. The van der Waals surface area contributed by atoms with Gasteiger partial charge in [0.2, 0.25) is 0 Å². The SMILES string of the molecule is Cc1ccc(C(O)=C2C(=O)C(=O)N(C[C@H](C)O)[C@H]2c2ccc(Cl)cc2Cl)cc1. The summed E-state index contributed by atoms with van der Waals surface area (Å²) < 4.78 is 0. The second kappa shape index (κ2) is 7.95. The zero-order chi connectivity index (χ0) is 20.6. The summed E-state index contributed by atoms with van der Waals surface area (Å²) in [4.78, 5) is 26.7. The Kier molecular flexibility index (Phi) is 5.79. The predicted molar refractivity (Wildman–Crippen MR) is 108 cm³/mol. The second-order valence-corrected chi connectivity index (χ2v) is 7.68. The summed E-state index contributed by atoms with van der Waals surface area (Å²) in [6.45, 7) is 3.33. The Labute approximate surface area is 172 Å². The van der Waals surface area contributed by atoms with Crippen LogP contribution in [0.15, 0.2) is 48.0 Å². The molecule has 0 saturated carbocycles. The lowest BCUT2D eigenvalue weighted by Gasteiger charge is -2.27. The van der Waals surface area contributed by atoms with Gasteiger partial charge in [-0.2, -0.15) is 0 Å². The van der Waals surface area contributed by atoms with E-state index < -0.39 is 23.8 Å². The average Bonchev–Trinajstić information content (AvgIpc) is 2.86. The highest BCUT2D eigenvalue weighted by Gasteiger charge is 2.47. The van der Waals surface area contributed by atoms with E-state index in [0.29, 0.717) is 16.1 Å². The van der Waals surface area contributed by atoms with Gasteiger partial charge in [-0.1, -0.05) is 59.1 Å². The van der Waals surface area contributed by atoms with Gasteiger partial charge in [0, 0.05) is 22.2 Å². The van der Waals surface area contributed by atoms with Gasteiger partial charge < -0.3 is 15.1 Å². The number of rotatable bonds is 4. The van der Waals surface area contributed by atoms with Gasteiger partial charge >= 0.3 is 0 Å². The molecule has 5 nitrogen and oxygen atoms in total. The van der Waals surface area contributed by atoms with Crippen molar-refractivity contribution in [2.75, 3.05) is 6.54 Å². The Morgan fingerprint density at radius 2 is 1.79 bits per heavy atom. The molecule has 2 aromatic carbocycles. The first kappa shape index (κ1) is 20.4. The van der Waals surface area contributed by atoms with Crippen molar-refractivity contribution in [3.05, 3.63) is 74.8 Å². The van der Waals surface area contributed by atoms with Crippen LogP contribution in [0.4, 0.5) is 0 Å². The number of nitrogens with zero attached hydrogens (tertiary/aromatic N) is 1. The Hall–Kier alpha value is -2.34. The molecule has 1 aliphatic rings. The van der Waals surface area contributed by atoms with Crippen LogP contribution in [0, 0.1) is 6.92 Å². The van der Waals surface area contributed by atoms with E-state index in [4.69, 9.17) is 23.2 Å². The first-order valence-electron chi connectivity index (χ1n) is 8.69. The number of carbonyl (C=O) groups is 2. The Balaban J connectivity index is 2.22. The number of likely N-dealkylation sites (tertiary alicyclic amines) is 1. The van der Waals surface area contributed by atoms with Crippen LogP contribution in [0.5, 0.6) is 0 Å². The number of hydrogen-bond acceptors (Lipinski definition) is 4. The van der Waals surface area contributed by atoms with Gasteiger partial charge in [-0.3, -0.25) is 9.59 Å². The number of benzene rings is 2. The molecule has 1 heterocycles. The topological polar surface area (TPSA) is 77.8 Å². The number of carbonyl (C=O) groups excluding carboxylic acids is 2. The predicted octanol–water partition coefficient (Wildman–Crippen LogP) is 4.10. The highest BCUT2D eigenvalue weighted by Crippen LogP contribution is 2.42. The molecule has 0 bridgehead atoms. The summed E-state index contributed by atoms with van der Waals surface area (Å²) in [6.07, 6.45) is -0.869. The highest BCUT2D eigenvalue weighted by atomic mass is 35.5. The minimum Gasteiger partial charge on any atom is -0.507 e. The smallest absolute Gasteiger partial charge is 0.295 e. The fraction of sp³-hybridized carbons (Fsp3) is 0.238. The molecule has 1 aliphatic heterocycles. The van der Waals surface area contributed by atoms with E-state index in [1.165, 1.54) is 17.9 Å². The van der Waals surface area contributed by atoms with Gasteiger partial charge in [0.15, 0.2) is 0 Å². The van der Waals surface area contributed by atoms with E-state index in [1.54, 1.807) is 36.4 Å². The molecule has 0 unspecified atom stereocenters. The van der Waals surface area contributed by atoms with Crippen LogP contribution in [-0.4, -0.2) is 39.5 Å². The molecule has 7 heteroatoms. The van der Waals surface area contributed by atoms with Gasteiger partial charge in [0.1, 0.15) is 5.76 Å². The van der Waals surface area contributed by atoms with E-state index in [-0.39, 0.29) is 22.9 Å². The van der Waals surface area contributed by atoms with Crippen LogP contribution in [0.1, 0.15) is 29.7 Å². The lowest BCUT2D eigenvalue weighted by atomic mass is 9.95. The minimum absolute atomic E-state index is 0.0706. The Morgan fingerprint density at radius 3 is 2.36 bits per heavy atom. The standard InChI is InChI=1S/C21H19Cl2NO4/c1-11-3-5-13(6-4-11)19(26)17-18(15-8-7-14(22)9-16(15)23)24(10-12(2)25)21(28)20(17)27/h3-9,12,18,25-26H,10H2,1-2H3/t12-,18-/m0/s1. The maximum absolute atomic E-state index is 12.8. The van der Waals surface area contributed by atoms with Crippen molar-refractivity contribution >= 4 is 40.7 Å². The molecule has 3 rings (SSSR count). The number of β-amino-alcohol motifs (C(OH)–C–C–N with tert-alkyl or cyclic N) is 1. The summed E-state index contributed by atoms with van der Waals surface area (Å²) in [6, 6.07) is 10.7. The molecule has 1 amide bonds. The number of aliphatic hydroxyl groups excluding tert-OH is 2. The van der Waals surface area contributed by atoms with Gasteiger partial charge in [-0.15, -0.1) is 0 Å². The molecule has 1 fully saturated rings. The molecular weight excluding hydrogens is 401 g/mol. The lowest BCUT2D eigenvalue weighted by Crippen LogP contribution is -2.35. The maximum atomic E-state index is 12.8. The van der Waals surface area contributed by atoms with Gasteiger partial charge in [0.05, 0.1) is 17.7 Å². The first-order valence-corrected chi connectivity index (χ1v) is 9.44. The third kappa shape index (κ3) is 3.78. The van der Waals surface area contributed by atoms with E-state index in [1.807, 2.05) is 6.92 Å². The number of aryl methyl sites for hydroxylation is 1. The largest absolute Gasteiger partial charge is 0.507 e. The van der Waals surface area contributed by atoms with Gasteiger partial charge in [-0.05, 0) is 31.5 Å². The third-order valence-corrected chi connectivity index (χ3v) is 5.15. The zero-order valence-corrected chi connectivity index (χ0v) is 16.8. The van der Waals surface area contributed by atoms with Crippen molar-refractivity contribution in [3.8, 4) is 0 Å². The summed E-state index contributed by atoms with van der Waals surface area (Å²) in [5, 5.41) is 21.4. The van der Waals surface area contributed by atoms with Crippen LogP contribution in [0.25, 0.3) is 5.76 Å². The molecule has 0 aliphatic carbocycles. The number of hydrogen-bond donors (Lipinski definition) is 2. The fourth-order valence-corrected chi connectivity index (χ4v) is 3.78. The van der Waals surface area contributed by atoms with Crippen molar-refractivity contribution in [2.24, 2.45) is 0 Å². The van der Waals surface area contributed by atoms with Gasteiger partial charge in [0.25, 0.3) is 11.7 Å². The van der Waals surface area contributed by atoms with Crippen LogP contribution in [0.3, 0.4) is 0 Å². The normalized spacial score (nSPS) is 19.9. The number of Topliss-reactive ketones (excluding diaryl/α,β-unsaturated/α-hetero) is 1. The molecule has 28 heavy (non-hydrogen) atoms. The molecule has 2 N–H and O–H groups in total. The minimum atomic E-state index is -0.930. The molecule has 0 spiro atoms. The third-order valence-electron chi connectivity index (χ3n) is 4.58. The Morgan fingerprint density at radius 1 is 1.14 bits per heavy atom. The van der Waals surface area contributed by atoms with Crippen molar-refractivity contribution in [1.29, 1.82) is 0 Å². The van der Waals surface area contributed by atoms with Crippen LogP contribution in [0.2, 0.25) is 10.0 Å². The molecule has 0 aromatic heterocycles.